The summed E-state index contributed by atoms with van der Waals surface area (Å²) in [7, 11) is 0. The number of anilines is 2. The van der Waals surface area contributed by atoms with Crippen LogP contribution in [0.25, 0.3) is 0 Å². The van der Waals surface area contributed by atoms with Gasteiger partial charge in [-0.3, -0.25) is 4.79 Å². The first-order valence-corrected chi connectivity index (χ1v) is 9.44. The van der Waals surface area contributed by atoms with Gasteiger partial charge in [-0.15, -0.1) is 0 Å². The van der Waals surface area contributed by atoms with Gasteiger partial charge >= 0.3 is 0 Å². The van der Waals surface area contributed by atoms with Gasteiger partial charge in [0.15, 0.2) is 0 Å². The fraction of sp³-hybridized carbons (Fsp3) is 0.476. The molecule has 1 fully saturated rings. The minimum Gasteiger partial charge on any atom is -0.337 e. The van der Waals surface area contributed by atoms with Crippen molar-refractivity contribution in [1.29, 1.82) is 0 Å². The van der Waals surface area contributed by atoms with Crippen molar-refractivity contribution < 1.29 is 4.79 Å². The summed E-state index contributed by atoms with van der Waals surface area (Å²) in [6.07, 6.45) is 6.19. The highest BCUT2D eigenvalue weighted by atomic mass is 16.2. The second-order valence-corrected chi connectivity index (χ2v) is 7.89. The monoisotopic (exact) mass is 352 g/mol. The van der Waals surface area contributed by atoms with Crippen molar-refractivity contribution in [3.8, 4) is 0 Å². The lowest BCUT2D eigenvalue weighted by molar-refractivity contribution is 0.0755. The third kappa shape index (κ3) is 4.40. The molecule has 26 heavy (non-hydrogen) atoms. The van der Waals surface area contributed by atoms with Crippen molar-refractivity contribution in [2.24, 2.45) is 0 Å². The highest BCUT2D eigenvalue weighted by Gasteiger charge is 2.20. The largest absolute Gasteiger partial charge is 0.337 e. The van der Waals surface area contributed by atoms with Crippen LogP contribution >= 0.6 is 0 Å². The van der Waals surface area contributed by atoms with Gasteiger partial charge in [-0.2, -0.15) is 0 Å². The number of para-hydroxylation sites is 1. The van der Waals surface area contributed by atoms with Gasteiger partial charge in [-0.25, -0.2) is 9.97 Å². The molecule has 1 saturated heterocycles. The first-order chi connectivity index (χ1) is 12.4. The molecule has 0 aliphatic carbocycles. The van der Waals surface area contributed by atoms with Crippen LogP contribution < -0.4 is 5.32 Å². The lowest BCUT2D eigenvalue weighted by atomic mass is 9.86. The first-order valence-electron chi connectivity index (χ1n) is 9.44. The smallest absolute Gasteiger partial charge is 0.272 e. The number of amides is 1. The van der Waals surface area contributed by atoms with Crippen LogP contribution in [0.4, 0.5) is 11.6 Å². The fourth-order valence-corrected chi connectivity index (χ4v) is 3.34. The molecule has 138 valence electrons. The topological polar surface area (TPSA) is 58.1 Å². The van der Waals surface area contributed by atoms with E-state index in [2.05, 4.69) is 42.1 Å². The minimum absolute atomic E-state index is 0.00135. The highest BCUT2D eigenvalue weighted by molar-refractivity contribution is 5.92. The molecule has 1 aromatic heterocycles. The van der Waals surface area contributed by atoms with E-state index >= 15 is 0 Å². The average Bonchev–Trinajstić information content (AvgIpc) is 2.90. The van der Waals surface area contributed by atoms with Crippen LogP contribution in [0.2, 0.25) is 0 Å². The lowest BCUT2D eigenvalue weighted by Gasteiger charge is -2.23. The second kappa shape index (κ2) is 7.85. The van der Waals surface area contributed by atoms with Gasteiger partial charge in [0, 0.05) is 25.0 Å². The van der Waals surface area contributed by atoms with Gasteiger partial charge in [-0.05, 0) is 36.0 Å². The van der Waals surface area contributed by atoms with Crippen molar-refractivity contribution in [2.75, 3.05) is 18.4 Å². The third-order valence-electron chi connectivity index (χ3n) is 4.75. The van der Waals surface area contributed by atoms with Gasteiger partial charge in [-0.1, -0.05) is 51.8 Å². The quantitative estimate of drug-likeness (QED) is 0.881. The molecule has 5 heteroatoms. The molecule has 3 rings (SSSR count). The van der Waals surface area contributed by atoms with E-state index in [4.69, 9.17) is 0 Å². The molecule has 1 aliphatic heterocycles. The molecular weight excluding hydrogens is 324 g/mol. The molecule has 5 nitrogen and oxygen atoms in total. The van der Waals surface area contributed by atoms with Gasteiger partial charge in [0.05, 0.1) is 0 Å². The highest BCUT2D eigenvalue weighted by Crippen LogP contribution is 2.30. The lowest BCUT2D eigenvalue weighted by Crippen LogP contribution is -2.32. The number of carbonyl (C=O) groups is 1. The number of aromatic nitrogens is 2. The van der Waals surface area contributed by atoms with Crippen LogP contribution in [-0.4, -0.2) is 33.9 Å². The Morgan fingerprint density at radius 1 is 1.04 bits per heavy atom. The van der Waals surface area contributed by atoms with E-state index in [0.717, 1.165) is 31.6 Å². The Bertz CT molecular complexity index is 759. The molecule has 1 N–H and O–H groups in total. The van der Waals surface area contributed by atoms with E-state index in [0.29, 0.717) is 11.6 Å². The van der Waals surface area contributed by atoms with Crippen LogP contribution in [0.15, 0.2) is 36.5 Å². The molecule has 1 amide bonds. The van der Waals surface area contributed by atoms with Crippen LogP contribution in [0.5, 0.6) is 0 Å². The van der Waals surface area contributed by atoms with Crippen molar-refractivity contribution in [3.05, 3.63) is 47.8 Å². The Morgan fingerprint density at radius 3 is 2.42 bits per heavy atom. The van der Waals surface area contributed by atoms with E-state index in [9.17, 15) is 4.79 Å². The van der Waals surface area contributed by atoms with Crippen LogP contribution in [0.3, 0.4) is 0 Å². The molecule has 0 spiro atoms. The van der Waals surface area contributed by atoms with E-state index in [-0.39, 0.29) is 11.3 Å². The predicted octanol–water partition coefficient (Wildman–Crippen LogP) is 4.53. The standard InChI is InChI=1S/C21H28N4O/c1-21(2,3)16-10-6-7-11-17(16)23-20-22-13-12-18(24-20)19(26)25-14-8-4-5-9-15-25/h6-7,10-13H,4-5,8-9,14-15H2,1-3H3,(H,22,23,24). The molecule has 0 saturated carbocycles. The first kappa shape index (κ1) is 18.4. The summed E-state index contributed by atoms with van der Waals surface area (Å²) in [6.45, 7) is 8.16. The second-order valence-electron chi connectivity index (χ2n) is 7.89. The molecule has 0 unspecified atom stereocenters. The molecule has 1 aliphatic rings. The molecule has 0 radical (unpaired) electrons. The number of carbonyl (C=O) groups excluding carboxylic acids is 1. The number of rotatable bonds is 3. The molecule has 0 bridgehead atoms. The third-order valence-corrected chi connectivity index (χ3v) is 4.75. The maximum absolute atomic E-state index is 12.8. The van der Waals surface area contributed by atoms with Crippen LogP contribution in [0.1, 0.15) is 62.5 Å². The summed E-state index contributed by atoms with van der Waals surface area (Å²) in [5.74, 6) is 0.462. The van der Waals surface area contributed by atoms with Crippen molar-refractivity contribution in [1.82, 2.24) is 14.9 Å². The number of hydrogen-bond acceptors (Lipinski definition) is 4. The fourth-order valence-electron chi connectivity index (χ4n) is 3.34. The number of nitrogens with zero attached hydrogens (tertiary/aromatic N) is 3. The number of hydrogen-bond donors (Lipinski definition) is 1. The Kier molecular flexibility index (Phi) is 5.55. The average molecular weight is 352 g/mol. The summed E-state index contributed by atoms with van der Waals surface area (Å²) in [5.41, 5.74) is 2.62. The van der Waals surface area contributed by atoms with Gasteiger partial charge in [0.2, 0.25) is 5.95 Å². The minimum atomic E-state index is 0.00135. The Balaban J connectivity index is 1.81. The van der Waals surface area contributed by atoms with E-state index < -0.39 is 0 Å². The molecule has 0 atom stereocenters. The summed E-state index contributed by atoms with van der Waals surface area (Å²) in [6, 6.07) is 9.85. The van der Waals surface area contributed by atoms with Gasteiger partial charge < -0.3 is 10.2 Å². The zero-order chi connectivity index (χ0) is 18.6. The molecule has 2 aromatic rings. The summed E-state index contributed by atoms with van der Waals surface area (Å²) >= 11 is 0. The predicted molar refractivity (Wildman–Crippen MR) is 105 cm³/mol. The Morgan fingerprint density at radius 2 is 1.73 bits per heavy atom. The molecule has 2 heterocycles. The maximum atomic E-state index is 12.8. The summed E-state index contributed by atoms with van der Waals surface area (Å²) < 4.78 is 0. The Labute approximate surface area is 155 Å². The van der Waals surface area contributed by atoms with Crippen molar-refractivity contribution in [3.63, 3.8) is 0 Å². The van der Waals surface area contributed by atoms with Crippen LogP contribution in [-0.2, 0) is 5.41 Å². The zero-order valence-corrected chi connectivity index (χ0v) is 16.0. The molecule has 1 aromatic carbocycles. The summed E-state index contributed by atoms with van der Waals surface area (Å²) in [5, 5.41) is 3.30. The van der Waals surface area contributed by atoms with Gasteiger partial charge in [0.25, 0.3) is 5.91 Å². The Hall–Kier alpha value is -2.43. The maximum Gasteiger partial charge on any atom is 0.272 e. The molecular formula is C21H28N4O. The number of nitrogens with one attached hydrogen (secondary N) is 1. The number of likely N-dealkylation sites (tertiary alicyclic amines) is 1. The SMILES string of the molecule is CC(C)(C)c1ccccc1Nc1nccc(C(=O)N2CCCCCC2)n1. The zero-order valence-electron chi connectivity index (χ0n) is 16.0. The van der Waals surface area contributed by atoms with E-state index in [1.54, 1.807) is 12.3 Å². The summed E-state index contributed by atoms with van der Waals surface area (Å²) in [4.78, 5) is 23.5. The van der Waals surface area contributed by atoms with Gasteiger partial charge in [0.1, 0.15) is 5.69 Å². The number of benzene rings is 1. The van der Waals surface area contributed by atoms with Crippen molar-refractivity contribution in [2.45, 2.75) is 51.9 Å². The van der Waals surface area contributed by atoms with E-state index in [1.165, 1.54) is 18.4 Å². The normalized spacial score (nSPS) is 15.4. The van der Waals surface area contributed by atoms with E-state index in [1.807, 2.05) is 23.1 Å². The van der Waals surface area contributed by atoms with Crippen LogP contribution in [0, 0.1) is 0 Å². The van der Waals surface area contributed by atoms with Crippen molar-refractivity contribution >= 4 is 17.5 Å².